The Labute approximate surface area is 188 Å². The first-order valence-electron chi connectivity index (χ1n) is 8.50. The second-order valence-electron chi connectivity index (χ2n) is 5.71. The molecular weight excluding hydrogens is 560 g/mol. The minimum absolute atomic E-state index is 0.242. The Bertz CT molecular complexity index is 846. The second-order valence-corrected chi connectivity index (χ2v) is 8.34. The van der Waals surface area contributed by atoms with Gasteiger partial charge in [-0.05, 0) is 74.7 Å². The number of benzene rings is 2. The minimum Gasteiger partial charge on any atom is -0.492 e. The van der Waals surface area contributed by atoms with Gasteiger partial charge in [-0.3, -0.25) is 20.4 Å². The Morgan fingerprint density at radius 3 is 2.29 bits per heavy atom. The van der Waals surface area contributed by atoms with E-state index < -0.39 is 11.8 Å². The second kappa shape index (κ2) is 11.4. The third-order valence-electron chi connectivity index (χ3n) is 3.52. The fourth-order valence-corrected chi connectivity index (χ4v) is 3.71. The summed E-state index contributed by atoms with van der Waals surface area (Å²) < 4.78 is 13.3. The number of unbranched alkanes of at least 4 members (excludes halogenated alkanes) is 1. The van der Waals surface area contributed by atoms with E-state index in [0.29, 0.717) is 32.6 Å². The largest absolute Gasteiger partial charge is 0.492 e. The van der Waals surface area contributed by atoms with Gasteiger partial charge in [-0.25, -0.2) is 0 Å². The van der Waals surface area contributed by atoms with Crippen LogP contribution < -0.4 is 20.3 Å². The van der Waals surface area contributed by atoms with Gasteiger partial charge in [0.25, 0.3) is 11.8 Å². The lowest BCUT2D eigenvalue weighted by atomic mass is 10.2. The third kappa shape index (κ3) is 7.10. The molecule has 0 aliphatic heterocycles. The minimum atomic E-state index is -0.484. The molecule has 0 unspecified atom stereocenters. The fourth-order valence-electron chi connectivity index (χ4n) is 2.06. The van der Waals surface area contributed by atoms with Gasteiger partial charge in [0.15, 0.2) is 6.61 Å². The highest BCUT2D eigenvalue weighted by molar-refractivity contribution is 9.11. The van der Waals surface area contributed by atoms with Crippen LogP contribution in [0.5, 0.6) is 11.5 Å². The number of nitrogens with one attached hydrogen (secondary N) is 2. The van der Waals surface area contributed by atoms with Gasteiger partial charge in [0.1, 0.15) is 11.5 Å². The highest BCUT2D eigenvalue weighted by atomic mass is 79.9. The van der Waals surface area contributed by atoms with E-state index in [0.717, 1.165) is 17.3 Å². The summed E-state index contributed by atoms with van der Waals surface area (Å²) in [6, 6.07) is 10.3. The zero-order chi connectivity index (χ0) is 20.5. The molecule has 28 heavy (non-hydrogen) atoms. The number of rotatable bonds is 8. The van der Waals surface area contributed by atoms with Gasteiger partial charge in [0.2, 0.25) is 0 Å². The van der Waals surface area contributed by atoms with Crippen LogP contribution in [-0.4, -0.2) is 25.0 Å². The molecule has 2 rings (SSSR count). The molecule has 2 N–H and O–H groups in total. The van der Waals surface area contributed by atoms with E-state index in [1.807, 2.05) is 6.07 Å². The topological polar surface area (TPSA) is 76.7 Å². The molecular formula is C19H19Br3N2O4. The first-order valence-corrected chi connectivity index (χ1v) is 10.9. The van der Waals surface area contributed by atoms with E-state index in [-0.39, 0.29) is 6.61 Å². The number of amides is 2. The third-order valence-corrected chi connectivity index (χ3v) is 5.25. The Morgan fingerprint density at radius 1 is 0.929 bits per heavy atom. The van der Waals surface area contributed by atoms with E-state index in [9.17, 15) is 9.59 Å². The predicted octanol–water partition coefficient (Wildman–Crippen LogP) is 4.99. The number of hydrazine groups is 1. The molecule has 0 bridgehead atoms. The van der Waals surface area contributed by atoms with Gasteiger partial charge in [-0.15, -0.1) is 0 Å². The van der Waals surface area contributed by atoms with Crippen molar-refractivity contribution in [2.45, 2.75) is 19.8 Å². The van der Waals surface area contributed by atoms with Gasteiger partial charge in [-0.1, -0.05) is 29.3 Å². The Morgan fingerprint density at radius 2 is 1.61 bits per heavy atom. The van der Waals surface area contributed by atoms with Gasteiger partial charge in [-0.2, -0.15) is 0 Å². The first kappa shape index (κ1) is 22.7. The SMILES string of the molecule is CCCCOc1ccc(C(=O)NNC(=O)COc2ccc(Br)cc2Br)cc1Br. The molecule has 2 amide bonds. The molecule has 0 aliphatic rings. The zero-order valence-corrected chi connectivity index (χ0v) is 19.8. The maximum absolute atomic E-state index is 12.2. The standard InChI is InChI=1S/C19H19Br3N2O4/c1-2-3-8-27-16-6-4-12(9-14(16)21)19(26)24-23-18(25)11-28-17-7-5-13(20)10-15(17)22/h4-7,9-10H,2-3,8,11H2,1H3,(H,23,25)(H,24,26). The molecule has 0 aromatic heterocycles. The van der Waals surface area contributed by atoms with Gasteiger partial charge < -0.3 is 9.47 Å². The average Bonchev–Trinajstić information content (AvgIpc) is 2.66. The Hall–Kier alpha value is -1.58. The number of carbonyl (C=O) groups is 2. The van der Waals surface area contributed by atoms with Crippen molar-refractivity contribution in [3.8, 4) is 11.5 Å². The first-order chi connectivity index (χ1) is 13.4. The van der Waals surface area contributed by atoms with Crippen LogP contribution in [0.15, 0.2) is 49.8 Å². The van der Waals surface area contributed by atoms with E-state index in [4.69, 9.17) is 9.47 Å². The molecule has 0 fully saturated rings. The van der Waals surface area contributed by atoms with Crippen molar-refractivity contribution in [2.24, 2.45) is 0 Å². The van der Waals surface area contributed by atoms with Crippen LogP contribution in [0.25, 0.3) is 0 Å². The maximum atomic E-state index is 12.2. The molecule has 0 heterocycles. The molecule has 0 radical (unpaired) electrons. The summed E-state index contributed by atoms with van der Waals surface area (Å²) in [5.41, 5.74) is 5.06. The van der Waals surface area contributed by atoms with Crippen molar-refractivity contribution < 1.29 is 19.1 Å². The van der Waals surface area contributed by atoms with Crippen molar-refractivity contribution in [1.82, 2.24) is 10.9 Å². The van der Waals surface area contributed by atoms with Crippen LogP contribution >= 0.6 is 47.8 Å². The van der Waals surface area contributed by atoms with Crippen LogP contribution in [-0.2, 0) is 4.79 Å². The number of carbonyl (C=O) groups excluding carboxylic acids is 2. The highest BCUT2D eigenvalue weighted by Gasteiger charge is 2.11. The van der Waals surface area contributed by atoms with Crippen molar-refractivity contribution in [2.75, 3.05) is 13.2 Å². The van der Waals surface area contributed by atoms with Crippen LogP contribution in [0, 0.1) is 0 Å². The van der Waals surface area contributed by atoms with Crippen LogP contribution in [0.3, 0.4) is 0 Å². The average molecular weight is 579 g/mol. The predicted molar refractivity (Wildman–Crippen MR) is 117 cm³/mol. The van der Waals surface area contributed by atoms with Crippen LogP contribution in [0.4, 0.5) is 0 Å². The molecule has 0 saturated heterocycles. The Kier molecular flexibility index (Phi) is 9.27. The van der Waals surface area contributed by atoms with Gasteiger partial charge >= 0.3 is 0 Å². The quantitative estimate of drug-likeness (QED) is 0.342. The van der Waals surface area contributed by atoms with E-state index >= 15 is 0 Å². The number of hydrogen-bond donors (Lipinski definition) is 2. The summed E-state index contributed by atoms with van der Waals surface area (Å²) in [5.74, 6) is 0.260. The van der Waals surface area contributed by atoms with E-state index in [1.165, 1.54) is 0 Å². The summed E-state index contributed by atoms with van der Waals surface area (Å²) in [4.78, 5) is 24.1. The molecule has 9 heteroatoms. The molecule has 0 saturated carbocycles. The van der Waals surface area contributed by atoms with Crippen molar-refractivity contribution in [3.63, 3.8) is 0 Å². The molecule has 2 aromatic rings. The van der Waals surface area contributed by atoms with Gasteiger partial charge in [0, 0.05) is 10.0 Å². The number of hydrogen-bond acceptors (Lipinski definition) is 4. The monoisotopic (exact) mass is 576 g/mol. The smallest absolute Gasteiger partial charge is 0.276 e. The molecule has 2 aromatic carbocycles. The number of ether oxygens (including phenoxy) is 2. The summed E-state index contributed by atoms with van der Waals surface area (Å²) in [5, 5.41) is 0. The molecule has 0 spiro atoms. The lowest BCUT2D eigenvalue weighted by Gasteiger charge is -2.11. The molecule has 0 atom stereocenters. The lowest BCUT2D eigenvalue weighted by Crippen LogP contribution is -2.43. The summed E-state index contributed by atoms with van der Waals surface area (Å²) in [6.07, 6.45) is 2.00. The molecule has 150 valence electrons. The molecule has 0 aliphatic carbocycles. The van der Waals surface area contributed by atoms with Crippen LogP contribution in [0.2, 0.25) is 0 Å². The number of halogens is 3. The van der Waals surface area contributed by atoms with E-state index in [2.05, 4.69) is 65.6 Å². The van der Waals surface area contributed by atoms with Crippen molar-refractivity contribution in [1.29, 1.82) is 0 Å². The molecule has 6 nitrogen and oxygen atoms in total. The van der Waals surface area contributed by atoms with Crippen molar-refractivity contribution in [3.05, 3.63) is 55.4 Å². The normalized spacial score (nSPS) is 10.3. The Balaban J connectivity index is 1.82. The zero-order valence-electron chi connectivity index (χ0n) is 15.1. The fraction of sp³-hybridized carbons (Fsp3) is 0.263. The summed E-state index contributed by atoms with van der Waals surface area (Å²) in [7, 11) is 0. The van der Waals surface area contributed by atoms with Crippen LogP contribution in [0.1, 0.15) is 30.1 Å². The van der Waals surface area contributed by atoms with Gasteiger partial charge in [0.05, 0.1) is 15.6 Å². The maximum Gasteiger partial charge on any atom is 0.276 e. The van der Waals surface area contributed by atoms with E-state index in [1.54, 1.807) is 30.3 Å². The summed E-state index contributed by atoms with van der Waals surface area (Å²) in [6.45, 7) is 2.46. The highest BCUT2D eigenvalue weighted by Crippen LogP contribution is 2.28. The summed E-state index contributed by atoms with van der Waals surface area (Å²) >= 11 is 10.1. The van der Waals surface area contributed by atoms with Crippen molar-refractivity contribution >= 4 is 59.6 Å². The lowest BCUT2D eigenvalue weighted by molar-refractivity contribution is -0.123.